The van der Waals surface area contributed by atoms with Gasteiger partial charge in [-0.05, 0) is 210 Å². The maximum absolute atomic E-state index is 14.2. The van der Waals surface area contributed by atoms with Crippen LogP contribution in [0.3, 0.4) is 0 Å². The number of unbranched alkanes of at least 4 members (excludes halogenated alkanes) is 35. The lowest BCUT2D eigenvalue weighted by atomic mass is 9.98. The minimum absolute atomic E-state index is 0.0237. The van der Waals surface area contributed by atoms with Crippen molar-refractivity contribution < 1.29 is 105 Å². The summed E-state index contributed by atoms with van der Waals surface area (Å²) in [6.45, 7) is 17.3. The number of hydrogen-bond acceptors (Lipinski definition) is 22. The van der Waals surface area contributed by atoms with Gasteiger partial charge in [0.05, 0.1) is 86.2 Å². The average molecular weight is 1770 g/mol. The summed E-state index contributed by atoms with van der Waals surface area (Å²) >= 11 is 0. The van der Waals surface area contributed by atoms with E-state index in [1.807, 2.05) is 0 Å². The highest BCUT2D eigenvalue weighted by molar-refractivity contribution is 6.01. The molecule has 2 amide bonds. The van der Waals surface area contributed by atoms with Crippen LogP contribution in [0.5, 0.6) is 46.0 Å². The van der Waals surface area contributed by atoms with Crippen molar-refractivity contribution in [1.82, 2.24) is 0 Å². The molecule has 0 aliphatic heterocycles. The van der Waals surface area contributed by atoms with E-state index in [-0.39, 0.29) is 69.2 Å². The van der Waals surface area contributed by atoms with Gasteiger partial charge >= 0.3 is 47.8 Å². The maximum Gasteiger partial charge on any atom is 0.343 e. The quantitative estimate of drug-likeness (QED) is 0.0118. The van der Waals surface area contributed by atoms with Crippen molar-refractivity contribution in [2.45, 2.75) is 270 Å². The lowest BCUT2D eigenvalue weighted by Crippen LogP contribution is -2.18. The molecule has 6 rings (SSSR count). The van der Waals surface area contributed by atoms with Gasteiger partial charge in [-0.15, -0.1) is 0 Å². The molecule has 0 atom stereocenters. The van der Waals surface area contributed by atoms with E-state index >= 15 is 0 Å². The van der Waals surface area contributed by atoms with E-state index in [0.717, 1.165) is 231 Å². The number of esters is 8. The molecule has 0 unspecified atom stereocenters. The summed E-state index contributed by atoms with van der Waals surface area (Å²) in [6, 6.07) is 31.7. The molecule has 0 spiro atoms. The Kier molecular flexibility index (Phi) is 53.2. The number of primary amides is 2. The van der Waals surface area contributed by atoms with Crippen LogP contribution in [-0.4, -0.2) is 112 Å². The lowest BCUT2D eigenvalue weighted by Gasteiger charge is -2.17. The summed E-state index contributed by atoms with van der Waals surface area (Å²) in [5.41, 5.74) is 13.2. The van der Waals surface area contributed by atoms with Crippen molar-refractivity contribution in [1.29, 1.82) is 0 Å². The van der Waals surface area contributed by atoms with Gasteiger partial charge in [-0.1, -0.05) is 219 Å². The van der Waals surface area contributed by atoms with Gasteiger partial charge in [-0.3, -0.25) is 9.59 Å². The van der Waals surface area contributed by atoms with Crippen molar-refractivity contribution in [2.75, 3.05) is 52.9 Å². The minimum atomic E-state index is -0.947. The summed E-state index contributed by atoms with van der Waals surface area (Å²) in [4.78, 5) is 128. The van der Waals surface area contributed by atoms with E-state index in [2.05, 4.69) is 26.3 Å². The van der Waals surface area contributed by atoms with Crippen LogP contribution in [0.2, 0.25) is 0 Å². The molecular formula is C104H136N2O22. The van der Waals surface area contributed by atoms with Gasteiger partial charge in [0.25, 0.3) is 11.8 Å². The molecule has 0 saturated heterocycles. The number of benzene rings is 6. The SMILES string of the molecule is C=CC(=O)OCCCCCCCCCCCOc1ccc(C(=O)Oc2cc(CCCCCCc3cc(OC(=O)c4ccc(OCCCCCCCCCCCOC(=O)C=C)cc4)cc(C(N)=O)c3OC(=O)c3ccc(OCCCCCCCCCCCOC(=O)C=C)cc3)c(OC(=O)c3ccc(OCCCCCCCCCCCOC(=O)C=C)cc3)c(C(N)=O)c2)cc1. The summed E-state index contributed by atoms with van der Waals surface area (Å²) in [6.07, 6.45) is 43.9. The average Bonchev–Trinajstić information content (AvgIpc) is 0.803. The number of ether oxygens (including phenoxy) is 12. The van der Waals surface area contributed by atoms with Gasteiger partial charge in [-0.2, -0.15) is 0 Å². The zero-order chi connectivity index (χ0) is 91.8. The Morgan fingerprint density at radius 1 is 0.227 bits per heavy atom. The van der Waals surface area contributed by atoms with Crippen LogP contribution >= 0.6 is 0 Å². The Balaban J connectivity index is 1.11. The van der Waals surface area contributed by atoms with Crippen LogP contribution in [-0.2, 0) is 51.0 Å². The smallest absolute Gasteiger partial charge is 0.343 e. The molecule has 0 bridgehead atoms. The second-order valence-electron chi connectivity index (χ2n) is 31.8. The highest BCUT2D eigenvalue weighted by Gasteiger charge is 2.26. The first kappa shape index (κ1) is 105. The Hall–Kier alpha value is -11.8. The molecule has 128 heavy (non-hydrogen) atoms. The second-order valence-corrected chi connectivity index (χ2v) is 31.8. The fourth-order valence-electron chi connectivity index (χ4n) is 14.2. The molecule has 0 radical (unpaired) electrons. The summed E-state index contributed by atoms with van der Waals surface area (Å²) in [5, 5.41) is 0. The van der Waals surface area contributed by atoms with E-state index in [1.54, 1.807) is 109 Å². The van der Waals surface area contributed by atoms with Gasteiger partial charge < -0.3 is 68.3 Å². The van der Waals surface area contributed by atoms with Gasteiger partial charge in [0.15, 0.2) is 0 Å². The van der Waals surface area contributed by atoms with Gasteiger partial charge in [0.2, 0.25) is 0 Å². The summed E-state index contributed by atoms with van der Waals surface area (Å²) in [5.74, 6) is -4.49. The number of aryl methyl sites for hydroxylation is 2. The van der Waals surface area contributed by atoms with Gasteiger partial charge in [0, 0.05) is 24.3 Å². The summed E-state index contributed by atoms with van der Waals surface area (Å²) < 4.78 is 68.4. The molecule has 6 aromatic rings. The molecule has 6 aromatic carbocycles. The highest BCUT2D eigenvalue weighted by atomic mass is 16.6. The largest absolute Gasteiger partial charge is 0.494 e. The minimum Gasteiger partial charge on any atom is -0.494 e. The van der Waals surface area contributed by atoms with Crippen LogP contribution in [0.15, 0.2) is 172 Å². The number of rotatable bonds is 73. The molecular weight excluding hydrogens is 1630 g/mol. The van der Waals surface area contributed by atoms with Crippen molar-refractivity contribution in [2.24, 2.45) is 11.5 Å². The standard InChI is InChI=1S/C104H136N2O22/c1-5-93(107)121-71-45-35-25-17-9-13-21-31-41-67-117-85-59-51-79(52-60-85)101(113)125-89-75-83(97(91(77-89)99(105)111)127-103(115)81-55-63-87(64-56-81)119-69-43-33-23-15-11-19-27-37-47-73-123-95(109)7-3)49-39-29-30-40-50-84-76-90(126-102(114)80-53-61-86(62-54-80)118-68-42-32-22-14-10-18-26-36-46-72-122-94(108)6-2)78-92(100(106)112)98(84)128-104(116)82-57-65-88(66-58-82)120-70-44-34-24-16-12-20-28-38-48-74-124-96(110)8-4/h5-8,51-66,75-78H,1-4,9-50,67-74H2,(H2,105,111)(H2,106,112). The normalized spacial score (nSPS) is 10.8. The number of hydrogen-bond donors (Lipinski definition) is 2. The molecule has 694 valence electrons. The van der Waals surface area contributed by atoms with Crippen molar-refractivity contribution in [3.8, 4) is 46.0 Å². The fraction of sp³-hybridized carbons (Fsp3) is 0.481. The molecule has 24 heteroatoms. The van der Waals surface area contributed by atoms with Crippen LogP contribution in [0, 0.1) is 0 Å². The molecule has 4 N–H and O–H groups in total. The van der Waals surface area contributed by atoms with E-state index in [4.69, 9.17) is 68.3 Å². The Morgan fingerprint density at radius 3 is 0.617 bits per heavy atom. The van der Waals surface area contributed by atoms with Crippen molar-refractivity contribution in [3.05, 3.63) is 216 Å². The zero-order valence-corrected chi connectivity index (χ0v) is 75.2. The highest BCUT2D eigenvalue weighted by Crippen LogP contribution is 2.36. The van der Waals surface area contributed by atoms with Crippen LogP contribution < -0.4 is 49.4 Å². The predicted octanol–water partition coefficient (Wildman–Crippen LogP) is 22.6. The second kappa shape index (κ2) is 64.8. The van der Waals surface area contributed by atoms with Crippen LogP contribution in [0.1, 0.15) is 330 Å². The van der Waals surface area contributed by atoms with Gasteiger partial charge in [-0.25, -0.2) is 38.4 Å². The monoisotopic (exact) mass is 1760 g/mol. The van der Waals surface area contributed by atoms with Crippen molar-refractivity contribution in [3.63, 3.8) is 0 Å². The molecule has 0 heterocycles. The van der Waals surface area contributed by atoms with E-state index < -0.39 is 59.6 Å². The third-order valence-electron chi connectivity index (χ3n) is 21.5. The number of carbonyl (C=O) groups is 10. The topological polar surface area (TPSA) is 333 Å². The first-order valence-corrected chi connectivity index (χ1v) is 46.3. The first-order valence-electron chi connectivity index (χ1n) is 46.3. The fourth-order valence-corrected chi connectivity index (χ4v) is 14.2. The molecule has 0 aliphatic rings. The predicted molar refractivity (Wildman–Crippen MR) is 494 cm³/mol. The van der Waals surface area contributed by atoms with E-state index in [0.29, 0.717) is 113 Å². The van der Waals surface area contributed by atoms with E-state index in [1.165, 1.54) is 36.4 Å². The third-order valence-corrected chi connectivity index (χ3v) is 21.5. The Bertz CT molecular complexity index is 4090. The molecule has 0 aliphatic carbocycles. The van der Waals surface area contributed by atoms with Crippen LogP contribution in [0.25, 0.3) is 0 Å². The molecule has 24 nitrogen and oxygen atoms in total. The van der Waals surface area contributed by atoms with Gasteiger partial charge in [0.1, 0.15) is 46.0 Å². The van der Waals surface area contributed by atoms with Crippen molar-refractivity contribution >= 4 is 59.6 Å². The number of carbonyl (C=O) groups excluding carboxylic acids is 10. The van der Waals surface area contributed by atoms with E-state index in [9.17, 15) is 47.9 Å². The number of amides is 2. The maximum atomic E-state index is 14.2. The number of nitrogens with two attached hydrogens (primary N) is 2. The Labute approximate surface area is 756 Å². The molecule has 0 fully saturated rings. The Morgan fingerprint density at radius 2 is 0.414 bits per heavy atom. The third kappa shape index (κ3) is 44.6. The lowest BCUT2D eigenvalue weighted by molar-refractivity contribution is -0.138. The zero-order valence-electron chi connectivity index (χ0n) is 75.2. The first-order chi connectivity index (χ1) is 62.4. The molecule has 0 aromatic heterocycles. The van der Waals surface area contributed by atoms with Crippen LogP contribution in [0.4, 0.5) is 0 Å². The summed E-state index contributed by atoms with van der Waals surface area (Å²) in [7, 11) is 0. The molecule has 0 saturated carbocycles.